The zero-order chi connectivity index (χ0) is 10.2. The molecule has 0 radical (unpaired) electrons. The van der Waals surface area contributed by atoms with Crippen LogP contribution in [0.1, 0.15) is 39.5 Å². The minimum absolute atomic E-state index is 0.369. The van der Waals surface area contributed by atoms with E-state index in [2.05, 4.69) is 18.7 Å². The van der Waals surface area contributed by atoms with Crippen molar-refractivity contribution in [2.24, 2.45) is 17.1 Å². The highest BCUT2D eigenvalue weighted by atomic mass is 15.2. The molecule has 1 aliphatic heterocycles. The molecular formula is C12H24N2. The van der Waals surface area contributed by atoms with Crippen molar-refractivity contribution in [2.45, 2.75) is 45.6 Å². The Hall–Kier alpha value is -0.0800. The van der Waals surface area contributed by atoms with Crippen LogP contribution in [0.2, 0.25) is 0 Å². The number of rotatable bonds is 2. The van der Waals surface area contributed by atoms with Crippen LogP contribution >= 0.6 is 0 Å². The molecule has 0 spiro atoms. The molecule has 0 amide bonds. The SMILES string of the molecule is CC1(C)CCCC(CN2CCC2)C1N. The highest BCUT2D eigenvalue weighted by Gasteiger charge is 2.37. The smallest absolute Gasteiger partial charge is 0.0131 e. The Morgan fingerprint density at radius 3 is 2.57 bits per heavy atom. The summed E-state index contributed by atoms with van der Waals surface area (Å²) in [5.74, 6) is 0.749. The van der Waals surface area contributed by atoms with Crippen LogP contribution in [0.25, 0.3) is 0 Å². The fourth-order valence-electron chi connectivity index (χ4n) is 2.90. The predicted molar refractivity (Wildman–Crippen MR) is 60.2 cm³/mol. The van der Waals surface area contributed by atoms with E-state index < -0.39 is 0 Å². The van der Waals surface area contributed by atoms with Crippen LogP contribution in [-0.2, 0) is 0 Å². The van der Waals surface area contributed by atoms with Gasteiger partial charge in [0.1, 0.15) is 0 Å². The molecule has 2 N–H and O–H groups in total. The number of nitrogens with zero attached hydrogens (tertiary/aromatic N) is 1. The third kappa shape index (κ3) is 1.96. The summed E-state index contributed by atoms with van der Waals surface area (Å²) in [5.41, 5.74) is 6.73. The molecule has 1 saturated heterocycles. The first-order valence-electron chi connectivity index (χ1n) is 6.07. The summed E-state index contributed by atoms with van der Waals surface area (Å²) in [6, 6.07) is 0.414. The summed E-state index contributed by atoms with van der Waals surface area (Å²) >= 11 is 0. The highest BCUT2D eigenvalue weighted by Crippen LogP contribution is 2.38. The molecule has 0 aromatic carbocycles. The number of likely N-dealkylation sites (tertiary alicyclic amines) is 1. The van der Waals surface area contributed by atoms with Crippen LogP contribution in [-0.4, -0.2) is 30.6 Å². The first-order valence-corrected chi connectivity index (χ1v) is 6.07. The standard InChI is InChI=1S/C12H24N2/c1-12(2)6-3-5-10(11(12)13)9-14-7-4-8-14/h10-11H,3-9,13H2,1-2H3. The van der Waals surface area contributed by atoms with Gasteiger partial charge in [0.15, 0.2) is 0 Å². The van der Waals surface area contributed by atoms with Crippen LogP contribution in [0, 0.1) is 11.3 Å². The molecular weight excluding hydrogens is 172 g/mol. The monoisotopic (exact) mass is 196 g/mol. The van der Waals surface area contributed by atoms with E-state index in [9.17, 15) is 0 Å². The lowest BCUT2D eigenvalue weighted by atomic mass is 9.68. The second-order valence-electron chi connectivity index (χ2n) is 5.82. The Kier molecular flexibility index (Phi) is 2.85. The zero-order valence-electron chi connectivity index (χ0n) is 9.63. The molecule has 2 unspecified atom stereocenters. The van der Waals surface area contributed by atoms with Gasteiger partial charge in [-0.05, 0) is 43.7 Å². The lowest BCUT2D eigenvalue weighted by Gasteiger charge is -2.45. The molecule has 2 fully saturated rings. The van der Waals surface area contributed by atoms with E-state index in [-0.39, 0.29) is 0 Å². The van der Waals surface area contributed by atoms with Crippen LogP contribution in [0.3, 0.4) is 0 Å². The molecule has 1 saturated carbocycles. The van der Waals surface area contributed by atoms with Crippen molar-refractivity contribution in [1.29, 1.82) is 0 Å². The van der Waals surface area contributed by atoms with Crippen LogP contribution in [0.15, 0.2) is 0 Å². The van der Waals surface area contributed by atoms with Crippen molar-refractivity contribution < 1.29 is 0 Å². The lowest BCUT2D eigenvalue weighted by molar-refractivity contribution is 0.0772. The summed E-state index contributed by atoms with van der Waals surface area (Å²) in [6.07, 6.45) is 5.43. The average molecular weight is 196 g/mol. The van der Waals surface area contributed by atoms with Crippen molar-refractivity contribution in [2.75, 3.05) is 19.6 Å². The van der Waals surface area contributed by atoms with Crippen molar-refractivity contribution in [3.63, 3.8) is 0 Å². The first-order chi connectivity index (χ1) is 6.59. The van der Waals surface area contributed by atoms with E-state index in [0.29, 0.717) is 11.5 Å². The summed E-state index contributed by atoms with van der Waals surface area (Å²) < 4.78 is 0. The predicted octanol–water partition coefficient (Wildman–Crippen LogP) is 1.85. The maximum Gasteiger partial charge on any atom is 0.0131 e. The minimum atomic E-state index is 0.369. The van der Waals surface area contributed by atoms with Gasteiger partial charge in [0, 0.05) is 12.6 Å². The molecule has 2 heteroatoms. The minimum Gasteiger partial charge on any atom is -0.327 e. The van der Waals surface area contributed by atoms with E-state index in [1.54, 1.807) is 0 Å². The van der Waals surface area contributed by atoms with Gasteiger partial charge in [0.25, 0.3) is 0 Å². The van der Waals surface area contributed by atoms with Gasteiger partial charge in [-0.2, -0.15) is 0 Å². The molecule has 0 aromatic rings. The third-order valence-corrected chi connectivity index (χ3v) is 4.25. The molecule has 1 aliphatic carbocycles. The molecule has 82 valence electrons. The van der Waals surface area contributed by atoms with E-state index in [4.69, 9.17) is 5.73 Å². The van der Waals surface area contributed by atoms with Gasteiger partial charge in [-0.15, -0.1) is 0 Å². The summed E-state index contributed by atoms with van der Waals surface area (Å²) in [7, 11) is 0. The third-order valence-electron chi connectivity index (χ3n) is 4.25. The van der Waals surface area contributed by atoms with Gasteiger partial charge in [-0.3, -0.25) is 0 Å². The van der Waals surface area contributed by atoms with Gasteiger partial charge >= 0.3 is 0 Å². The van der Waals surface area contributed by atoms with E-state index in [1.165, 1.54) is 45.3 Å². The molecule has 0 aromatic heterocycles. The Morgan fingerprint density at radius 2 is 2.00 bits per heavy atom. The van der Waals surface area contributed by atoms with E-state index >= 15 is 0 Å². The van der Waals surface area contributed by atoms with Crippen molar-refractivity contribution in [3.8, 4) is 0 Å². The molecule has 2 aliphatic rings. The highest BCUT2D eigenvalue weighted by molar-refractivity contribution is 4.92. The van der Waals surface area contributed by atoms with Gasteiger partial charge in [-0.25, -0.2) is 0 Å². The molecule has 1 heterocycles. The molecule has 2 nitrogen and oxygen atoms in total. The van der Waals surface area contributed by atoms with Gasteiger partial charge in [-0.1, -0.05) is 20.3 Å². The quantitative estimate of drug-likeness (QED) is 0.730. The Bertz CT molecular complexity index is 196. The summed E-state index contributed by atoms with van der Waals surface area (Å²) in [5, 5.41) is 0. The Morgan fingerprint density at radius 1 is 1.29 bits per heavy atom. The summed E-state index contributed by atoms with van der Waals surface area (Å²) in [6.45, 7) is 8.54. The summed E-state index contributed by atoms with van der Waals surface area (Å²) in [4.78, 5) is 2.56. The van der Waals surface area contributed by atoms with Gasteiger partial charge < -0.3 is 10.6 Å². The first kappa shape index (κ1) is 10.4. The average Bonchev–Trinajstić information content (AvgIpc) is 2.04. The van der Waals surface area contributed by atoms with Gasteiger partial charge in [0.05, 0.1) is 0 Å². The fraction of sp³-hybridized carbons (Fsp3) is 1.00. The second kappa shape index (κ2) is 3.82. The number of nitrogens with two attached hydrogens (primary N) is 1. The second-order valence-corrected chi connectivity index (χ2v) is 5.82. The molecule has 14 heavy (non-hydrogen) atoms. The van der Waals surface area contributed by atoms with E-state index in [1.807, 2.05) is 0 Å². The normalized spacial score (nSPS) is 37.9. The van der Waals surface area contributed by atoms with E-state index in [0.717, 1.165) is 5.92 Å². The largest absolute Gasteiger partial charge is 0.327 e. The molecule has 0 bridgehead atoms. The van der Waals surface area contributed by atoms with Crippen LogP contribution in [0.4, 0.5) is 0 Å². The Labute approximate surface area is 87.8 Å². The molecule has 2 rings (SSSR count). The topological polar surface area (TPSA) is 29.3 Å². The van der Waals surface area contributed by atoms with Crippen LogP contribution < -0.4 is 5.73 Å². The number of hydrogen-bond donors (Lipinski definition) is 1. The Balaban J connectivity index is 1.90. The lowest BCUT2D eigenvalue weighted by Crippen LogP contribution is -2.52. The van der Waals surface area contributed by atoms with Crippen LogP contribution in [0.5, 0.6) is 0 Å². The number of hydrogen-bond acceptors (Lipinski definition) is 2. The van der Waals surface area contributed by atoms with Crippen molar-refractivity contribution in [1.82, 2.24) is 4.90 Å². The maximum atomic E-state index is 6.36. The zero-order valence-corrected chi connectivity index (χ0v) is 9.63. The maximum absolute atomic E-state index is 6.36. The van der Waals surface area contributed by atoms with Crippen molar-refractivity contribution >= 4 is 0 Å². The fourth-order valence-corrected chi connectivity index (χ4v) is 2.90. The molecule has 2 atom stereocenters. The van der Waals surface area contributed by atoms with Gasteiger partial charge in [0.2, 0.25) is 0 Å². The van der Waals surface area contributed by atoms with Crippen molar-refractivity contribution in [3.05, 3.63) is 0 Å².